The molecule has 0 unspecified atom stereocenters. The Labute approximate surface area is 166 Å². The van der Waals surface area contributed by atoms with Crippen molar-refractivity contribution < 1.29 is 0 Å². The van der Waals surface area contributed by atoms with Crippen molar-refractivity contribution in [1.82, 2.24) is 9.55 Å². The van der Waals surface area contributed by atoms with Gasteiger partial charge in [0.1, 0.15) is 0 Å². The fourth-order valence-corrected chi connectivity index (χ4v) is 4.35. The molecule has 2 heterocycles. The van der Waals surface area contributed by atoms with E-state index in [2.05, 4.69) is 23.2 Å². The minimum atomic E-state index is -0.0264. The third-order valence-electron chi connectivity index (χ3n) is 5.63. The molecule has 0 N–H and O–H groups in total. The smallest absolute Gasteiger partial charge is 0.263 e. The second-order valence-corrected chi connectivity index (χ2v) is 7.22. The fourth-order valence-electron chi connectivity index (χ4n) is 4.35. The van der Waals surface area contributed by atoms with Crippen molar-refractivity contribution >= 4 is 43.4 Å². The Morgan fingerprint density at radius 2 is 1.34 bits per heavy atom. The molecule has 0 radical (unpaired) electrons. The second-order valence-electron chi connectivity index (χ2n) is 7.22. The molecule has 0 amide bonds. The van der Waals surface area contributed by atoms with E-state index < -0.39 is 0 Å². The highest BCUT2D eigenvalue weighted by atomic mass is 16.1. The first kappa shape index (κ1) is 16.0. The van der Waals surface area contributed by atoms with Gasteiger partial charge >= 0.3 is 0 Å². The Morgan fingerprint density at radius 1 is 0.621 bits per heavy atom. The summed E-state index contributed by atoms with van der Waals surface area (Å²) in [6.45, 7) is 0. The van der Waals surface area contributed by atoms with Gasteiger partial charge in [-0.1, -0.05) is 66.7 Å². The molecular formula is C26H16N2O. The van der Waals surface area contributed by atoms with Crippen LogP contribution in [0.4, 0.5) is 0 Å². The predicted molar refractivity (Wildman–Crippen MR) is 120 cm³/mol. The first-order valence-corrected chi connectivity index (χ1v) is 9.62. The van der Waals surface area contributed by atoms with Gasteiger partial charge < -0.3 is 0 Å². The quantitative estimate of drug-likeness (QED) is 0.340. The third-order valence-corrected chi connectivity index (χ3v) is 5.63. The van der Waals surface area contributed by atoms with Crippen LogP contribution < -0.4 is 5.56 Å². The molecule has 0 bridgehead atoms. The number of pyridine rings is 2. The standard InChI is InChI=1S/C26H16N2O/c29-26-21-12-4-3-11-20(21)24-19-10-2-1-7-17(19)14-15-22(24)28(26)23-13-5-8-18-9-6-16-27-25(18)23/h1-16H. The highest BCUT2D eigenvalue weighted by Crippen LogP contribution is 2.32. The SMILES string of the molecule is O=c1c2ccccc2c2c3ccccc3ccc2n1-c1cccc2cccnc12. The second kappa shape index (κ2) is 6.01. The predicted octanol–water partition coefficient (Wildman–Crippen LogP) is 5.85. The molecule has 0 saturated heterocycles. The molecule has 0 fully saturated rings. The van der Waals surface area contributed by atoms with Gasteiger partial charge in [-0.25, -0.2) is 0 Å². The molecule has 0 saturated carbocycles. The van der Waals surface area contributed by atoms with Gasteiger partial charge in [-0.15, -0.1) is 0 Å². The summed E-state index contributed by atoms with van der Waals surface area (Å²) >= 11 is 0. The zero-order valence-electron chi connectivity index (χ0n) is 15.5. The molecule has 4 aromatic carbocycles. The molecular weight excluding hydrogens is 356 g/mol. The van der Waals surface area contributed by atoms with Gasteiger partial charge in [0.05, 0.1) is 16.7 Å². The normalized spacial score (nSPS) is 11.6. The first-order chi connectivity index (χ1) is 14.3. The third kappa shape index (κ3) is 2.25. The largest absolute Gasteiger partial charge is 0.274 e. The van der Waals surface area contributed by atoms with Crippen molar-refractivity contribution in [2.45, 2.75) is 0 Å². The first-order valence-electron chi connectivity index (χ1n) is 9.62. The maximum absolute atomic E-state index is 13.7. The minimum Gasteiger partial charge on any atom is -0.274 e. The zero-order chi connectivity index (χ0) is 19.4. The van der Waals surface area contributed by atoms with E-state index >= 15 is 0 Å². The monoisotopic (exact) mass is 372 g/mol. The van der Waals surface area contributed by atoms with Crippen LogP contribution in [0.5, 0.6) is 0 Å². The lowest BCUT2D eigenvalue weighted by Gasteiger charge is -2.16. The lowest BCUT2D eigenvalue weighted by molar-refractivity contribution is 1.07. The molecule has 0 aliphatic carbocycles. The molecule has 0 aliphatic heterocycles. The van der Waals surface area contributed by atoms with E-state index in [9.17, 15) is 4.79 Å². The highest BCUT2D eigenvalue weighted by molar-refractivity contribution is 6.19. The van der Waals surface area contributed by atoms with Crippen LogP contribution in [0, 0.1) is 0 Å². The summed E-state index contributed by atoms with van der Waals surface area (Å²) in [7, 11) is 0. The Morgan fingerprint density at radius 3 is 2.24 bits per heavy atom. The molecule has 0 aliphatic rings. The summed E-state index contributed by atoms with van der Waals surface area (Å²) in [5.74, 6) is 0. The van der Waals surface area contributed by atoms with Crippen LogP contribution in [0.3, 0.4) is 0 Å². The summed E-state index contributed by atoms with van der Waals surface area (Å²) in [4.78, 5) is 18.2. The molecule has 3 heteroatoms. The Balaban J connectivity index is 1.92. The number of aromatic nitrogens is 2. The average Bonchev–Trinajstić information content (AvgIpc) is 2.79. The van der Waals surface area contributed by atoms with Crippen molar-refractivity contribution in [3.63, 3.8) is 0 Å². The van der Waals surface area contributed by atoms with Gasteiger partial charge in [0.25, 0.3) is 5.56 Å². The summed E-state index contributed by atoms with van der Waals surface area (Å²) in [6.07, 6.45) is 1.77. The van der Waals surface area contributed by atoms with Gasteiger partial charge in [-0.2, -0.15) is 0 Å². The number of hydrogen-bond acceptors (Lipinski definition) is 2. The van der Waals surface area contributed by atoms with Crippen molar-refractivity contribution in [2.24, 2.45) is 0 Å². The number of nitrogens with zero attached hydrogens (tertiary/aromatic N) is 2. The summed E-state index contributed by atoms with van der Waals surface area (Å²) in [6, 6.07) is 30.2. The zero-order valence-corrected chi connectivity index (χ0v) is 15.5. The Bertz CT molecular complexity index is 1620. The lowest BCUT2D eigenvalue weighted by Crippen LogP contribution is -2.19. The van der Waals surface area contributed by atoms with E-state index in [0.29, 0.717) is 5.39 Å². The van der Waals surface area contributed by atoms with E-state index in [0.717, 1.165) is 43.7 Å². The molecule has 0 spiro atoms. The van der Waals surface area contributed by atoms with Crippen LogP contribution in [0.1, 0.15) is 0 Å². The van der Waals surface area contributed by atoms with E-state index in [4.69, 9.17) is 0 Å². The highest BCUT2D eigenvalue weighted by Gasteiger charge is 2.16. The molecule has 2 aromatic heterocycles. The molecule has 6 aromatic rings. The molecule has 29 heavy (non-hydrogen) atoms. The summed E-state index contributed by atoms with van der Waals surface area (Å²) < 4.78 is 1.82. The number of hydrogen-bond donors (Lipinski definition) is 0. The Kier molecular flexibility index (Phi) is 3.32. The number of fused-ring (bicyclic) bond motifs is 6. The maximum atomic E-state index is 13.7. The number of para-hydroxylation sites is 1. The summed E-state index contributed by atoms with van der Waals surface area (Å²) in [5.41, 5.74) is 2.49. The van der Waals surface area contributed by atoms with Crippen LogP contribution in [0.15, 0.2) is 102 Å². The van der Waals surface area contributed by atoms with Crippen LogP contribution in [0.25, 0.3) is 49.0 Å². The molecule has 6 rings (SSSR count). The Hall–Kier alpha value is -3.98. The minimum absolute atomic E-state index is 0.0264. The molecule has 0 atom stereocenters. The number of rotatable bonds is 1. The van der Waals surface area contributed by atoms with Crippen LogP contribution in [-0.4, -0.2) is 9.55 Å². The van der Waals surface area contributed by atoms with E-state index in [-0.39, 0.29) is 5.56 Å². The van der Waals surface area contributed by atoms with Crippen molar-refractivity contribution in [1.29, 1.82) is 0 Å². The van der Waals surface area contributed by atoms with Gasteiger partial charge in [0.15, 0.2) is 0 Å². The van der Waals surface area contributed by atoms with Gasteiger partial charge in [-0.3, -0.25) is 14.3 Å². The van der Waals surface area contributed by atoms with E-state index in [1.54, 1.807) is 6.20 Å². The van der Waals surface area contributed by atoms with E-state index in [1.165, 1.54) is 0 Å². The summed E-state index contributed by atoms with van der Waals surface area (Å²) in [5, 5.41) is 6.10. The molecule has 136 valence electrons. The molecule has 3 nitrogen and oxygen atoms in total. The van der Waals surface area contributed by atoms with E-state index in [1.807, 2.05) is 77.4 Å². The maximum Gasteiger partial charge on any atom is 0.263 e. The van der Waals surface area contributed by atoms with Crippen LogP contribution in [0.2, 0.25) is 0 Å². The van der Waals surface area contributed by atoms with Crippen LogP contribution >= 0.6 is 0 Å². The van der Waals surface area contributed by atoms with Crippen molar-refractivity contribution in [2.75, 3.05) is 0 Å². The van der Waals surface area contributed by atoms with Gasteiger partial charge in [-0.05, 0) is 40.4 Å². The topological polar surface area (TPSA) is 34.9 Å². The van der Waals surface area contributed by atoms with Gasteiger partial charge in [0, 0.05) is 22.4 Å². The van der Waals surface area contributed by atoms with Crippen molar-refractivity contribution in [3.8, 4) is 5.69 Å². The van der Waals surface area contributed by atoms with Crippen LogP contribution in [-0.2, 0) is 0 Å². The lowest BCUT2D eigenvalue weighted by atomic mass is 9.99. The van der Waals surface area contributed by atoms with Crippen molar-refractivity contribution in [3.05, 3.63) is 108 Å². The average molecular weight is 372 g/mol. The van der Waals surface area contributed by atoms with Gasteiger partial charge in [0.2, 0.25) is 0 Å². The number of benzene rings is 4. The fraction of sp³-hybridized carbons (Fsp3) is 0.